The summed E-state index contributed by atoms with van der Waals surface area (Å²) >= 11 is 0. The minimum absolute atomic E-state index is 0.173. The molecule has 154 valence electrons. The SMILES string of the molecule is CC(c1ccccc1)[n+]1c(-c2ccccc2)cc(-c2ccccc2)cc1-c1ccccc1. The topological polar surface area (TPSA) is 3.88 Å². The first kappa shape index (κ1) is 20.0. The molecule has 0 aliphatic rings. The van der Waals surface area contributed by atoms with Crippen LogP contribution in [0.3, 0.4) is 0 Å². The number of hydrogen-bond acceptors (Lipinski definition) is 0. The van der Waals surface area contributed by atoms with Crippen molar-refractivity contribution in [2.24, 2.45) is 0 Å². The van der Waals surface area contributed by atoms with Gasteiger partial charge in [0, 0.05) is 35.7 Å². The van der Waals surface area contributed by atoms with E-state index in [4.69, 9.17) is 0 Å². The highest BCUT2D eigenvalue weighted by atomic mass is 15.0. The first-order chi connectivity index (χ1) is 15.8. The van der Waals surface area contributed by atoms with Gasteiger partial charge in [0.05, 0.1) is 0 Å². The van der Waals surface area contributed by atoms with Crippen LogP contribution < -0.4 is 4.57 Å². The molecule has 5 rings (SSSR count). The first-order valence-electron chi connectivity index (χ1n) is 11.1. The lowest BCUT2D eigenvalue weighted by Crippen LogP contribution is -2.43. The third kappa shape index (κ3) is 3.98. The molecule has 0 saturated heterocycles. The Balaban J connectivity index is 1.84. The van der Waals surface area contributed by atoms with Crippen LogP contribution in [0, 0.1) is 0 Å². The number of pyridine rings is 1. The molecule has 1 heteroatoms. The summed E-state index contributed by atoms with van der Waals surface area (Å²) in [6.45, 7) is 2.29. The normalized spacial score (nSPS) is 11.8. The van der Waals surface area contributed by atoms with Gasteiger partial charge in [-0.3, -0.25) is 0 Å². The maximum atomic E-state index is 2.48. The van der Waals surface area contributed by atoms with Gasteiger partial charge in [-0.1, -0.05) is 97.1 Å². The summed E-state index contributed by atoms with van der Waals surface area (Å²) in [6, 6.07) is 47.6. The van der Waals surface area contributed by atoms with E-state index in [2.05, 4.69) is 145 Å². The molecule has 1 unspecified atom stereocenters. The number of benzene rings is 4. The van der Waals surface area contributed by atoms with Crippen molar-refractivity contribution in [1.82, 2.24) is 0 Å². The van der Waals surface area contributed by atoms with E-state index >= 15 is 0 Å². The lowest BCUT2D eigenvalue weighted by atomic mass is 9.97. The Labute approximate surface area is 190 Å². The third-order valence-electron chi connectivity index (χ3n) is 6.02. The van der Waals surface area contributed by atoms with Gasteiger partial charge < -0.3 is 0 Å². The van der Waals surface area contributed by atoms with E-state index in [-0.39, 0.29) is 6.04 Å². The fourth-order valence-electron chi connectivity index (χ4n) is 4.36. The maximum Gasteiger partial charge on any atom is 0.214 e. The van der Waals surface area contributed by atoms with Crippen molar-refractivity contribution in [3.05, 3.63) is 139 Å². The molecule has 0 aliphatic heterocycles. The molecule has 0 aliphatic carbocycles. The second kappa shape index (κ2) is 9.03. The highest BCUT2D eigenvalue weighted by molar-refractivity contribution is 5.73. The van der Waals surface area contributed by atoms with Crippen LogP contribution in [0.5, 0.6) is 0 Å². The van der Waals surface area contributed by atoms with Gasteiger partial charge in [0.1, 0.15) is 0 Å². The Morgan fingerprint density at radius 2 is 0.812 bits per heavy atom. The van der Waals surface area contributed by atoms with Crippen molar-refractivity contribution in [2.45, 2.75) is 13.0 Å². The van der Waals surface area contributed by atoms with Crippen LogP contribution in [-0.4, -0.2) is 0 Å². The predicted octanol–water partition coefficient (Wildman–Crippen LogP) is 7.58. The van der Waals surface area contributed by atoms with E-state index < -0.39 is 0 Å². The summed E-state index contributed by atoms with van der Waals surface area (Å²) < 4.78 is 2.48. The van der Waals surface area contributed by atoms with Crippen molar-refractivity contribution >= 4 is 0 Å². The zero-order valence-electron chi connectivity index (χ0n) is 18.2. The molecule has 1 aromatic heterocycles. The highest BCUT2D eigenvalue weighted by Crippen LogP contribution is 2.31. The van der Waals surface area contributed by atoms with Gasteiger partial charge in [0.15, 0.2) is 6.04 Å². The molecule has 0 spiro atoms. The van der Waals surface area contributed by atoms with Crippen LogP contribution in [0.2, 0.25) is 0 Å². The van der Waals surface area contributed by atoms with Crippen LogP contribution in [0.4, 0.5) is 0 Å². The van der Waals surface area contributed by atoms with Crippen LogP contribution in [-0.2, 0) is 0 Å². The van der Waals surface area contributed by atoms with Gasteiger partial charge in [-0.05, 0) is 35.4 Å². The first-order valence-corrected chi connectivity index (χ1v) is 11.1. The van der Waals surface area contributed by atoms with E-state index in [1.807, 2.05) is 0 Å². The Hall–Kier alpha value is -3.97. The van der Waals surface area contributed by atoms with Gasteiger partial charge >= 0.3 is 0 Å². The fourth-order valence-corrected chi connectivity index (χ4v) is 4.36. The van der Waals surface area contributed by atoms with Gasteiger partial charge in [0.2, 0.25) is 11.4 Å². The largest absolute Gasteiger partial charge is 0.214 e. The standard InChI is InChI=1S/C31H26N/c1-24(25-14-6-2-7-15-25)32-30(27-18-10-4-11-19-27)22-29(26-16-8-3-9-17-26)23-31(32)28-20-12-5-13-21-28/h2-24H,1H3/q+1. The second-order valence-electron chi connectivity index (χ2n) is 8.07. The van der Waals surface area contributed by atoms with Crippen molar-refractivity contribution in [3.63, 3.8) is 0 Å². The van der Waals surface area contributed by atoms with Crippen molar-refractivity contribution in [1.29, 1.82) is 0 Å². The summed E-state index contributed by atoms with van der Waals surface area (Å²) in [6.07, 6.45) is 0. The predicted molar refractivity (Wildman–Crippen MR) is 133 cm³/mol. The average Bonchev–Trinajstić information content (AvgIpc) is 2.89. The Bertz CT molecular complexity index is 1230. The molecular weight excluding hydrogens is 386 g/mol. The maximum absolute atomic E-state index is 2.48. The summed E-state index contributed by atoms with van der Waals surface area (Å²) in [5.41, 5.74) is 8.58. The Morgan fingerprint density at radius 3 is 1.25 bits per heavy atom. The molecule has 5 aromatic rings. The summed E-state index contributed by atoms with van der Waals surface area (Å²) in [5, 5.41) is 0. The summed E-state index contributed by atoms with van der Waals surface area (Å²) in [5.74, 6) is 0. The molecule has 1 nitrogen and oxygen atoms in total. The molecule has 0 fully saturated rings. The second-order valence-corrected chi connectivity index (χ2v) is 8.07. The average molecular weight is 413 g/mol. The molecule has 0 saturated carbocycles. The van der Waals surface area contributed by atoms with Crippen LogP contribution in [0.15, 0.2) is 133 Å². The zero-order chi connectivity index (χ0) is 21.8. The van der Waals surface area contributed by atoms with Crippen molar-refractivity contribution in [3.8, 4) is 33.6 Å². The third-order valence-corrected chi connectivity index (χ3v) is 6.02. The molecule has 0 amide bonds. The Kier molecular flexibility index (Phi) is 5.63. The van der Waals surface area contributed by atoms with Gasteiger partial charge in [-0.15, -0.1) is 0 Å². The number of rotatable bonds is 5. The summed E-state index contributed by atoms with van der Waals surface area (Å²) in [7, 11) is 0. The van der Waals surface area contributed by atoms with Gasteiger partial charge in [-0.2, -0.15) is 4.57 Å². The van der Waals surface area contributed by atoms with Crippen LogP contribution in [0.25, 0.3) is 33.6 Å². The molecule has 1 heterocycles. The van der Waals surface area contributed by atoms with Gasteiger partial charge in [0.25, 0.3) is 0 Å². The Morgan fingerprint density at radius 1 is 0.438 bits per heavy atom. The van der Waals surface area contributed by atoms with Crippen molar-refractivity contribution < 1.29 is 4.57 Å². The fraction of sp³-hybridized carbons (Fsp3) is 0.0645. The smallest absolute Gasteiger partial charge is 0.184 e. The zero-order valence-corrected chi connectivity index (χ0v) is 18.2. The minimum atomic E-state index is 0.173. The van der Waals surface area contributed by atoms with E-state index in [1.54, 1.807) is 0 Å². The molecule has 0 radical (unpaired) electrons. The summed E-state index contributed by atoms with van der Waals surface area (Å²) in [4.78, 5) is 0. The van der Waals surface area contributed by atoms with E-state index in [0.717, 1.165) is 0 Å². The minimum Gasteiger partial charge on any atom is -0.184 e. The van der Waals surface area contributed by atoms with Crippen molar-refractivity contribution in [2.75, 3.05) is 0 Å². The molecule has 32 heavy (non-hydrogen) atoms. The van der Waals surface area contributed by atoms with Crippen LogP contribution >= 0.6 is 0 Å². The lowest BCUT2D eigenvalue weighted by molar-refractivity contribution is -0.689. The van der Waals surface area contributed by atoms with E-state index in [9.17, 15) is 0 Å². The molecule has 4 aromatic carbocycles. The molecule has 0 N–H and O–H groups in total. The number of hydrogen-bond donors (Lipinski definition) is 0. The molecular formula is C31H26N+. The molecule has 0 bridgehead atoms. The van der Waals surface area contributed by atoms with Gasteiger partial charge in [-0.25, -0.2) is 0 Å². The monoisotopic (exact) mass is 412 g/mol. The number of nitrogens with zero attached hydrogens (tertiary/aromatic N) is 1. The number of aromatic nitrogens is 1. The molecule has 1 atom stereocenters. The van der Waals surface area contributed by atoms with Crippen LogP contribution in [0.1, 0.15) is 18.5 Å². The van der Waals surface area contributed by atoms with E-state index in [0.29, 0.717) is 0 Å². The van der Waals surface area contributed by atoms with E-state index in [1.165, 1.54) is 39.2 Å². The quantitative estimate of drug-likeness (QED) is 0.262. The highest BCUT2D eigenvalue weighted by Gasteiger charge is 2.28. The lowest BCUT2D eigenvalue weighted by Gasteiger charge is -2.17.